The SMILES string of the molecule is CCOc1ccc2nc(NC(=O)CCN3C(=O)[C@H]4CCCC[C@H]4C3=O)sc2c1. The second-order valence-electron chi connectivity index (χ2n) is 7.21. The third-order valence-electron chi connectivity index (χ3n) is 5.41. The molecule has 2 fully saturated rings. The van der Waals surface area contributed by atoms with Gasteiger partial charge in [-0.05, 0) is 38.0 Å². The Morgan fingerprint density at radius 1 is 1.25 bits per heavy atom. The maximum Gasteiger partial charge on any atom is 0.233 e. The fraction of sp³-hybridized carbons (Fsp3) is 0.500. The quantitative estimate of drug-likeness (QED) is 0.751. The first-order valence-electron chi connectivity index (χ1n) is 9.75. The number of fused-ring (bicyclic) bond motifs is 2. The van der Waals surface area contributed by atoms with Gasteiger partial charge in [-0.2, -0.15) is 0 Å². The summed E-state index contributed by atoms with van der Waals surface area (Å²) in [6.07, 6.45) is 3.64. The van der Waals surface area contributed by atoms with Gasteiger partial charge in [0.1, 0.15) is 5.75 Å². The largest absolute Gasteiger partial charge is 0.494 e. The van der Waals surface area contributed by atoms with Crippen LogP contribution in [0.25, 0.3) is 10.2 Å². The fourth-order valence-electron chi connectivity index (χ4n) is 4.06. The van der Waals surface area contributed by atoms with Crippen molar-refractivity contribution >= 4 is 44.4 Å². The van der Waals surface area contributed by atoms with Gasteiger partial charge in [0, 0.05) is 13.0 Å². The van der Waals surface area contributed by atoms with Crippen molar-refractivity contribution in [3.8, 4) is 5.75 Å². The van der Waals surface area contributed by atoms with E-state index >= 15 is 0 Å². The summed E-state index contributed by atoms with van der Waals surface area (Å²) >= 11 is 1.37. The Bertz CT molecular complexity index is 901. The van der Waals surface area contributed by atoms with E-state index in [1.165, 1.54) is 16.2 Å². The molecule has 0 spiro atoms. The number of thiazole rings is 1. The highest BCUT2D eigenvalue weighted by molar-refractivity contribution is 7.22. The van der Waals surface area contributed by atoms with Crippen LogP contribution in [-0.2, 0) is 14.4 Å². The van der Waals surface area contributed by atoms with Gasteiger partial charge < -0.3 is 10.1 Å². The number of nitrogens with zero attached hydrogens (tertiary/aromatic N) is 2. The van der Waals surface area contributed by atoms with Crippen LogP contribution in [-0.4, -0.2) is 40.8 Å². The molecule has 0 bridgehead atoms. The molecule has 2 aromatic rings. The zero-order valence-electron chi connectivity index (χ0n) is 15.8. The maximum atomic E-state index is 12.5. The molecule has 1 saturated carbocycles. The fourth-order valence-corrected chi connectivity index (χ4v) is 4.97. The highest BCUT2D eigenvalue weighted by Crippen LogP contribution is 2.38. The molecule has 2 heterocycles. The summed E-state index contributed by atoms with van der Waals surface area (Å²) in [6, 6.07) is 5.60. The highest BCUT2D eigenvalue weighted by atomic mass is 32.1. The average molecular weight is 401 g/mol. The minimum Gasteiger partial charge on any atom is -0.494 e. The summed E-state index contributed by atoms with van der Waals surface area (Å²) in [6.45, 7) is 2.65. The Kier molecular flexibility index (Phi) is 5.30. The Morgan fingerprint density at radius 3 is 2.64 bits per heavy atom. The first-order chi connectivity index (χ1) is 13.6. The molecule has 2 atom stereocenters. The molecule has 1 saturated heterocycles. The summed E-state index contributed by atoms with van der Waals surface area (Å²) in [4.78, 5) is 43.0. The van der Waals surface area contributed by atoms with Crippen molar-refractivity contribution in [2.24, 2.45) is 11.8 Å². The molecule has 1 aromatic carbocycles. The molecule has 0 radical (unpaired) electrons. The van der Waals surface area contributed by atoms with Crippen molar-refractivity contribution in [2.75, 3.05) is 18.5 Å². The number of benzene rings is 1. The lowest BCUT2D eigenvalue weighted by atomic mass is 9.81. The number of carbonyl (C=O) groups excluding carboxylic acids is 3. The molecule has 3 amide bonds. The monoisotopic (exact) mass is 401 g/mol. The maximum absolute atomic E-state index is 12.5. The van der Waals surface area contributed by atoms with Crippen molar-refractivity contribution < 1.29 is 19.1 Å². The van der Waals surface area contributed by atoms with Gasteiger partial charge in [-0.15, -0.1) is 0 Å². The van der Waals surface area contributed by atoms with E-state index in [0.29, 0.717) is 11.7 Å². The van der Waals surface area contributed by atoms with Gasteiger partial charge in [0.05, 0.1) is 28.7 Å². The van der Waals surface area contributed by atoms with Gasteiger partial charge >= 0.3 is 0 Å². The number of anilines is 1. The molecule has 2 aliphatic rings. The summed E-state index contributed by atoms with van der Waals surface area (Å²) in [5.74, 6) is -0.0401. The first-order valence-corrected chi connectivity index (χ1v) is 10.6. The van der Waals surface area contributed by atoms with Gasteiger partial charge in [-0.25, -0.2) is 4.98 Å². The van der Waals surface area contributed by atoms with E-state index in [1.54, 1.807) is 0 Å². The van der Waals surface area contributed by atoms with E-state index in [9.17, 15) is 14.4 Å². The van der Waals surface area contributed by atoms with Crippen LogP contribution in [0.3, 0.4) is 0 Å². The van der Waals surface area contributed by atoms with Crippen molar-refractivity contribution in [3.05, 3.63) is 18.2 Å². The lowest BCUT2D eigenvalue weighted by Gasteiger charge is -2.19. The molecular formula is C20H23N3O4S. The Hall–Kier alpha value is -2.48. The van der Waals surface area contributed by atoms with Crippen LogP contribution < -0.4 is 10.1 Å². The number of rotatable bonds is 6. The minimum atomic E-state index is -0.250. The Labute approximate surface area is 167 Å². The molecule has 7 nitrogen and oxygen atoms in total. The van der Waals surface area contributed by atoms with E-state index in [2.05, 4.69) is 10.3 Å². The number of imide groups is 1. The molecular weight excluding hydrogens is 378 g/mol. The number of carbonyl (C=O) groups is 3. The lowest BCUT2D eigenvalue weighted by molar-refractivity contribution is -0.140. The molecule has 4 rings (SSSR count). The van der Waals surface area contributed by atoms with Gasteiger partial charge in [-0.3, -0.25) is 19.3 Å². The van der Waals surface area contributed by atoms with Crippen LogP contribution in [0, 0.1) is 11.8 Å². The van der Waals surface area contributed by atoms with E-state index in [4.69, 9.17) is 4.74 Å². The summed E-state index contributed by atoms with van der Waals surface area (Å²) < 4.78 is 6.41. The van der Waals surface area contributed by atoms with Crippen molar-refractivity contribution in [2.45, 2.75) is 39.0 Å². The summed E-state index contributed by atoms with van der Waals surface area (Å²) in [5.41, 5.74) is 0.790. The predicted molar refractivity (Wildman–Crippen MR) is 106 cm³/mol. The van der Waals surface area contributed by atoms with E-state index < -0.39 is 0 Å². The van der Waals surface area contributed by atoms with Gasteiger partial charge in [0.15, 0.2) is 5.13 Å². The van der Waals surface area contributed by atoms with E-state index in [0.717, 1.165) is 41.6 Å². The van der Waals surface area contributed by atoms with E-state index in [1.807, 2.05) is 25.1 Å². The molecule has 1 aliphatic heterocycles. The molecule has 1 N–H and O–H groups in total. The molecule has 8 heteroatoms. The zero-order chi connectivity index (χ0) is 19.7. The first kappa shape index (κ1) is 18.9. The molecule has 148 valence electrons. The number of hydrogen-bond donors (Lipinski definition) is 1. The number of likely N-dealkylation sites (tertiary alicyclic amines) is 1. The molecule has 0 unspecified atom stereocenters. The highest BCUT2D eigenvalue weighted by Gasteiger charge is 2.47. The topological polar surface area (TPSA) is 88.6 Å². The van der Waals surface area contributed by atoms with Crippen LogP contribution in [0.5, 0.6) is 5.75 Å². The number of amides is 3. The second kappa shape index (κ2) is 7.87. The number of aromatic nitrogens is 1. The standard InChI is InChI=1S/C20H23N3O4S/c1-2-27-12-7-8-15-16(11-12)28-20(21-15)22-17(24)9-10-23-18(25)13-5-3-4-6-14(13)19(23)26/h7-8,11,13-14H,2-6,9-10H2,1H3,(H,21,22,24)/t13-,14+. The minimum absolute atomic E-state index is 0.0804. The van der Waals surface area contributed by atoms with Crippen LogP contribution in [0.1, 0.15) is 39.0 Å². The van der Waals surface area contributed by atoms with Gasteiger partial charge in [0.25, 0.3) is 0 Å². The number of nitrogens with one attached hydrogen (secondary N) is 1. The normalized spacial score (nSPS) is 21.8. The Balaban J connectivity index is 1.36. The van der Waals surface area contributed by atoms with E-state index in [-0.39, 0.29) is 42.5 Å². The average Bonchev–Trinajstić information content (AvgIpc) is 3.19. The van der Waals surface area contributed by atoms with Gasteiger partial charge in [0.2, 0.25) is 17.7 Å². The summed E-state index contributed by atoms with van der Waals surface area (Å²) in [7, 11) is 0. The third kappa shape index (κ3) is 3.61. The second-order valence-corrected chi connectivity index (χ2v) is 8.24. The van der Waals surface area contributed by atoms with Crippen LogP contribution in [0.2, 0.25) is 0 Å². The zero-order valence-corrected chi connectivity index (χ0v) is 16.6. The van der Waals surface area contributed by atoms with Gasteiger partial charge in [-0.1, -0.05) is 24.2 Å². The summed E-state index contributed by atoms with van der Waals surface area (Å²) in [5, 5.41) is 3.28. The number of hydrogen-bond acceptors (Lipinski definition) is 6. The van der Waals surface area contributed by atoms with Crippen molar-refractivity contribution in [3.63, 3.8) is 0 Å². The molecule has 1 aromatic heterocycles. The lowest BCUT2D eigenvalue weighted by Crippen LogP contribution is -2.34. The van der Waals surface area contributed by atoms with Crippen LogP contribution in [0.15, 0.2) is 18.2 Å². The van der Waals surface area contributed by atoms with Crippen LogP contribution in [0.4, 0.5) is 5.13 Å². The van der Waals surface area contributed by atoms with Crippen LogP contribution >= 0.6 is 11.3 Å². The number of ether oxygens (including phenoxy) is 1. The predicted octanol–water partition coefficient (Wildman–Crippen LogP) is 3.20. The third-order valence-corrected chi connectivity index (χ3v) is 6.35. The molecule has 28 heavy (non-hydrogen) atoms. The smallest absolute Gasteiger partial charge is 0.233 e. The van der Waals surface area contributed by atoms with Crippen molar-refractivity contribution in [1.29, 1.82) is 0 Å². The molecule has 1 aliphatic carbocycles. The van der Waals surface area contributed by atoms with Crippen molar-refractivity contribution in [1.82, 2.24) is 9.88 Å². The Morgan fingerprint density at radius 2 is 1.96 bits per heavy atom.